The van der Waals surface area contributed by atoms with Gasteiger partial charge >= 0.3 is 0 Å². The van der Waals surface area contributed by atoms with Crippen LogP contribution in [0.4, 0.5) is 0 Å². The Bertz CT molecular complexity index is 532. The lowest BCUT2D eigenvalue weighted by Gasteiger charge is -2.55. The average Bonchev–Trinajstić information content (AvgIpc) is 3.30. The van der Waals surface area contributed by atoms with Crippen LogP contribution in [0.3, 0.4) is 0 Å². The maximum absolute atomic E-state index is 6.24. The lowest BCUT2D eigenvalue weighted by atomic mass is 9.62. The van der Waals surface area contributed by atoms with E-state index in [-0.39, 0.29) is 5.60 Å². The summed E-state index contributed by atoms with van der Waals surface area (Å²) in [5, 5.41) is 0.576. The van der Waals surface area contributed by atoms with Crippen molar-refractivity contribution < 1.29 is 4.74 Å². The molecule has 3 aliphatic rings. The third-order valence-corrected chi connectivity index (χ3v) is 6.21. The molecule has 3 fully saturated rings. The number of methoxy groups -OCH3 is 1. The third-order valence-electron chi connectivity index (χ3n) is 6.00. The molecule has 2 heterocycles. The van der Waals surface area contributed by atoms with Crippen molar-refractivity contribution in [1.29, 1.82) is 0 Å². The molecule has 1 unspecified atom stereocenters. The molecule has 4 heteroatoms. The molecule has 3 nitrogen and oxygen atoms in total. The molecule has 0 radical (unpaired) electrons. The van der Waals surface area contributed by atoms with Crippen molar-refractivity contribution >= 4 is 11.6 Å². The van der Waals surface area contributed by atoms with Gasteiger partial charge < -0.3 is 9.64 Å². The average molecular weight is 321 g/mol. The predicted molar refractivity (Wildman–Crippen MR) is 87.9 cm³/mol. The van der Waals surface area contributed by atoms with Gasteiger partial charge in [0.1, 0.15) is 10.8 Å². The molecule has 2 aliphatic carbocycles. The van der Waals surface area contributed by atoms with Crippen LogP contribution in [0.1, 0.15) is 37.7 Å². The number of rotatable bonds is 4. The Morgan fingerprint density at radius 2 is 2.00 bits per heavy atom. The van der Waals surface area contributed by atoms with Crippen LogP contribution in [0.2, 0.25) is 5.15 Å². The molecular weight excluding hydrogens is 296 g/mol. The second-order valence-corrected chi connectivity index (χ2v) is 7.74. The molecule has 1 aliphatic heterocycles. The van der Waals surface area contributed by atoms with Crippen LogP contribution in [-0.4, -0.2) is 36.6 Å². The zero-order valence-electron chi connectivity index (χ0n) is 13.3. The first-order valence-corrected chi connectivity index (χ1v) is 8.99. The van der Waals surface area contributed by atoms with E-state index >= 15 is 0 Å². The van der Waals surface area contributed by atoms with Crippen LogP contribution in [0.5, 0.6) is 0 Å². The van der Waals surface area contributed by atoms with Gasteiger partial charge in [0.25, 0.3) is 0 Å². The summed E-state index contributed by atoms with van der Waals surface area (Å²) in [7, 11) is 1.89. The van der Waals surface area contributed by atoms with Gasteiger partial charge in [0.2, 0.25) is 0 Å². The van der Waals surface area contributed by atoms with Crippen molar-refractivity contribution in [2.75, 3.05) is 26.7 Å². The summed E-state index contributed by atoms with van der Waals surface area (Å²) in [5.74, 6) is 2.11. The Morgan fingerprint density at radius 1 is 1.27 bits per heavy atom. The molecule has 3 atom stereocenters. The fraction of sp³-hybridized carbons (Fsp3) is 0.722. The van der Waals surface area contributed by atoms with Crippen molar-refractivity contribution in [3.63, 3.8) is 0 Å². The number of halogens is 1. The number of likely N-dealkylation sites (tertiary alicyclic amines) is 1. The Hall–Kier alpha value is -0.640. The van der Waals surface area contributed by atoms with E-state index in [0.717, 1.165) is 5.92 Å². The van der Waals surface area contributed by atoms with Crippen molar-refractivity contribution in [2.45, 2.75) is 37.7 Å². The smallest absolute Gasteiger partial charge is 0.129 e. The van der Waals surface area contributed by atoms with Gasteiger partial charge in [-0.15, -0.1) is 0 Å². The lowest BCUT2D eigenvalue weighted by Crippen LogP contribution is -2.59. The standard InChI is InChI=1S/C18H25ClN2O/c1-22-18(14-7-8-20-17(19)9-14)15-3-2-4-16(18)12-21(11-15)10-13-5-6-13/h7-9,13,15-16H,2-6,10-12H2,1H3/t15-,16+,18?. The summed E-state index contributed by atoms with van der Waals surface area (Å²) in [6, 6.07) is 4.13. The highest BCUT2D eigenvalue weighted by Crippen LogP contribution is 2.52. The Kier molecular flexibility index (Phi) is 3.91. The molecule has 2 saturated carbocycles. The molecule has 0 N–H and O–H groups in total. The highest BCUT2D eigenvalue weighted by molar-refractivity contribution is 6.29. The maximum atomic E-state index is 6.24. The normalized spacial score (nSPS) is 35.5. The van der Waals surface area contributed by atoms with Gasteiger partial charge in [0.05, 0.1) is 0 Å². The predicted octanol–water partition coefficient (Wildman–Crippen LogP) is 3.72. The van der Waals surface area contributed by atoms with Crippen molar-refractivity contribution in [3.05, 3.63) is 29.0 Å². The summed E-state index contributed by atoms with van der Waals surface area (Å²) >= 11 is 6.17. The third kappa shape index (κ3) is 2.47. The van der Waals surface area contributed by atoms with E-state index in [1.807, 2.05) is 19.4 Å². The summed E-state index contributed by atoms with van der Waals surface area (Å²) in [4.78, 5) is 6.86. The minimum Gasteiger partial charge on any atom is -0.373 e. The van der Waals surface area contributed by atoms with E-state index in [9.17, 15) is 0 Å². The highest BCUT2D eigenvalue weighted by atomic mass is 35.5. The topological polar surface area (TPSA) is 25.4 Å². The number of hydrogen-bond acceptors (Lipinski definition) is 3. The minimum atomic E-state index is -0.162. The number of fused-ring (bicyclic) bond motifs is 2. The summed E-state index contributed by atoms with van der Waals surface area (Å²) in [5.41, 5.74) is 1.07. The van der Waals surface area contributed by atoms with E-state index in [4.69, 9.17) is 16.3 Å². The molecule has 22 heavy (non-hydrogen) atoms. The van der Waals surface area contributed by atoms with E-state index < -0.39 is 0 Å². The van der Waals surface area contributed by atoms with Gasteiger partial charge in [-0.2, -0.15) is 0 Å². The number of pyridine rings is 1. The Labute approximate surface area is 138 Å². The molecule has 0 spiro atoms. The van der Waals surface area contributed by atoms with E-state index in [1.165, 1.54) is 57.3 Å². The molecule has 1 aromatic rings. The van der Waals surface area contributed by atoms with Crippen molar-refractivity contribution in [3.8, 4) is 0 Å². The first kappa shape index (κ1) is 14.9. The largest absolute Gasteiger partial charge is 0.373 e. The van der Waals surface area contributed by atoms with Crippen LogP contribution < -0.4 is 0 Å². The van der Waals surface area contributed by atoms with Crippen LogP contribution in [0.25, 0.3) is 0 Å². The monoisotopic (exact) mass is 320 g/mol. The highest BCUT2D eigenvalue weighted by Gasteiger charge is 2.53. The molecule has 2 bridgehead atoms. The van der Waals surface area contributed by atoms with Gasteiger partial charge in [0, 0.05) is 44.8 Å². The van der Waals surface area contributed by atoms with Gasteiger partial charge in [0.15, 0.2) is 0 Å². The number of aromatic nitrogens is 1. The van der Waals surface area contributed by atoms with Crippen LogP contribution in [0.15, 0.2) is 18.3 Å². The van der Waals surface area contributed by atoms with E-state index in [0.29, 0.717) is 17.0 Å². The first-order chi connectivity index (χ1) is 10.7. The molecule has 0 aromatic carbocycles. The Balaban J connectivity index is 1.66. The second-order valence-electron chi connectivity index (χ2n) is 7.35. The molecule has 4 rings (SSSR count). The number of nitrogens with zero attached hydrogens (tertiary/aromatic N) is 2. The zero-order chi connectivity index (χ0) is 15.2. The first-order valence-electron chi connectivity index (χ1n) is 8.62. The molecule has 1 aromatic heterocycles. The van der Waals surface area contributed by atoms with Gasteiger partial charge in [-0.3, -0.25) is 0 Å². The number of piperidine rings is 1. The summed E-state index contributed by atoms with van der Waals surface area (Å²) in [6.07, 6.45) is 8.53. The van der Waals surface area contributed by atoms with Crippen molar-refractivity contribution in [2.24, 2.45) is 17.8 Å². The molecular formula is C18H25ClN2O. The van der Waals surface area contributed by atoms with E-state index in [2.05, 4.69) is 16.0 Å². The molecule has 120 valence electrons. The van der Waals surface area contributed by atoms with Crippen LogP contribution in [0, 0.1) is 17.8 Å². The number of hydrogen-bond donors (Lipinski definition) is 0. The second kappa shape index (κ2) is 5.77. The van der Waals surface area contributed by atoms with Gasteiger partial charge in [-0.25, -0.2) is 4.98 Å². The summed E-state index contributed by atoms with van der Waals surface area (Å²) < 4.78 is 6.24. The van der Waals surface area contributed by atoms with Gasteiger partial charge in [-0.05, 0) is 49.3 Å². The van der Waals surface area contributed by atoms with Gasteiger partial charge in [-0.1, -0.05) is 18.0 Å². The van der Waals surface area contributed by atoms with Crippen LogP contribution in [-0.2, 0) is 10.3 Å². The lowest BCUT2D eigenvalue weighted by molar-refractivity contribution is -0.169. The summed E-state index contributed by atoms with van der Waals surface area (Å²) in [6.45, 7) is 3.63. The fourth-order valence-corrected chi connectivity index (χ4v) is 5.08. The van der Waals surface area contributed by atoms with Crippen LogP contribution >= 0.6 is 11.6 Å². The maximum Gasteiger partial charge on any atom is 0.129 e. The Morgan fingerprint density at radius 3 is 2.59 bits per heavy atom. The molecule has 0 amide bonds. The van der Waals surface area contributed by atoms with E-state index in [1.54, 1.807) is 0 Å². The minimum absolute atomic E-state index is 0.162. The quantitative estimate of drug-likeness (QED) is 0.791. The zero-order valence-corrected chi connectivity index (χ0v) is 14.1. The SMILES string of the molecule is COC1(c2ccnc(Cl)c2)[C@@H]2CCC[C@H]1CN(CC1CC1)C2. The number of ether oxygens (including phenoxy) is 1. The molecule has 1 saturated heterocycles. The van der Waals surface area contributed by atoms with Crippen molar-refractivity contribution in [1.82, 2.24) is 9.88 Å². The fourth-order valence-electron chi connectivity index (χ4n) is 4.91.